The largest absolute Gasteiger partial charge is 0.507 e. The summed E-state index contributed by atoms with van der Waals surface area (Å²) in [4.78, 5) is 0. The predicted molar refractivity (Wildman–Crippen MR) is 66.7 cm³/mol. The van der Waals surface area contributed by atoms with Gasteiger partial charge < -0.3 is 15.4 Å². The fourth-order valence-electron chi connectivity index (χ4n) is 2.23. The molecular weight excluding hydrogens is 200 g/mol. The summed E-state index contributed by atoms with van der Waals surface area (Å²) in [6.07, 6.45) is 3.70. The van der Waals surface area contributed by atoms with Crippen LogP contribution in [-0.4, -0.2) is 16.2 Å². The van der Waals surface area contributed by atoms with E-state index in [1.165, 1.54) is 0 Å². The Labute approximate surface area is 95.5 Å². The van der Waals surface area contributed by atoms with Crippen molar-refractivity contribution in [1.29, 1.82) is 0 Å². The number of aryl methyl sites for hydroxylation is 2. The Bertz CT molecular complexity index is 514. The number of phenolic OH excluding ortho intramolecular Hbond substituents is 1. The number of hydrogen-bond acceptors (Lipinski definition) is 2. The van der Waals surface area contributed by atoms with Gasteiger partial charge in [0.1, 0.15) is 5.75 Å². The highest BCUT2D eigenvalue weighted by Crippen LogP contribution is 2.33. The van der Waals surface area contributed by atoms with Gasteiger partial charge in [0.2, 0.25) is 0 Å². The maximum absolute atomic E-state index is 10.2. The van der Waals surface area contributed by atoms with Crippen LogP contribution in [0.5, 0.6) is 5.75 Å². The summed E-state index contributed by atoms with van der Waals surface area (Å²) in [6.45, 7) is 2.65. The van der Waals surface area contributed by atoms with Crippen molar-refractivity contribution < 1.29 is 5.11 Å². The minimum Gasteiger partial charge on any atom is -0.507 e. The Hall–Kier alpha value is -1.48. The molecule has 2 rings (SSSR count). The second kappa shape index (κ2) is 4.18. The molecule has 0 radical (unpaired) electrons. The zero-order chi connectivity index (χ0) is 11.7. The molecule has 2 aromatic rings. The van der Waals surface area contributed by atoms with Crippen molar-refractivity contribution in [3.05, 3.63) is 29.5 Å². The van der Waals surface area contributed by atoms with E-state index < -0.39 is 0 Å². The fraction of sp³-hybridized carbons (Fsp3) is 0.385. The van der Waals surface area contributed by atoms with Gasteiger partial charge in [-0.15, -0.1) is 0 Å². The van der Waals surface area contributed by atoms with Gasteiger partial charge in [-0.1, -0.05) is 13.0 Å². The van der Waals surface area contributed by atoms with Gasteiger partial charge in [-0.2, -0.15) is 0 Å². The summed E-state index contributed by atoms with van der Waals surface area (Å²) in [5.74, 6) is 0.420. The van der Waals surface area contributed by atoms with Gasteiger partial charge in [0.15, 0.2) is 0 Å². The molecule has 0 unspecified atom stereocenters. The van der Waals surface area contributed by atoms with Crippen LogP contribution in [0.15, 0.2) is 18.3 Å². The number of aromatic hydroxyl groups is 1. The third-order valence-electron chi connectivity index (χ3n) is 3.08. The third-order valence-corrected chi connectivity index (χ3v) is 3.08. The van der Waals surface area contributed by atoms with E-state index in [0.29, 0.717) is 12.3 Å². The Morgan fingerprint density at radius 3 is 2.69 bits per heavy atom. The topological polar surface area (TPSA) is 51.2 Å². The van der Waals surface area contributed by atoms with Crippen LogP contribution < -0.4 is 5.73 Å². The van der Waals surface area contributed by atoms with Gasteiger partial charge in [0.05, 0.1) is 5.52 Å². The highest BCUT2D eigenvalue weighted by atomic mass is 16.3. The van der Waals surface area contributed by atoms with E-state index in [4.69, 9.17) is 5.73 Å². The smallest absolute Gasteiger partial charge is 0.128 e. The van der Waals surface area contributed by atoms with Gasteiger partial charge >= 0.3 is 0 Å². The number of fused-ring (bicyclic) bond motifs is 1. The van der Waals surface area contributed by atoms with E-state index in [9.17, 15) is 5.11 Å². The van der Waals surface area contributed by atoms with E-state index in [1.807, 2.05) is 24.6 Å². The van der Waals surface area contributed by atoms with Crippen LogP contribution in [-0.2, 0) is 19.9 Å². The lowest BCUT2D eigenvalue weighted by Gasteiger charge is -2.05. The van der Waals surface area contributed by atoms with Crippen LogP contribution in [0.3, 0.4) is 0 Å². The fourth-order valence-corrected chi connectivity index (χ4v) is 2.23. The second-order valence-electron chi connectivity index (χ2n) is 4.12. The van der Waals surface area contributed by atoms with E-state index in [-0.39, 0.29) is 0 Å². The molecule has 3 nitrogen and oxygen atoms in total. The van der Waals surface area contributed by atoms with Crippen LogP contribution >= 0.6 is 0 Å². The minimum atomic E-state index is 0.420. The summed E-state index contributed by atoms with van der Waals surface area (Å²) < 4.78 is 2.04. The van der Waals surface area contributed by atoms with Crippen molar-refractivity contribution in [2.45, 2.75) is 19.8 Å². The van der Waals surface area contributed by atoms with Crippen molar-refractivity contribution in [3.8, 4) is 5.75 Å². The first-order valence-electron chi connectivity index (χ1n) is 5.67. The Morgan fingerprint density at radius 1 is 1.31 bits per heavy atom. The predicted octanol–water partition coefficient (Wildman–Crippen LogP) is 1.95. The number of rotatable bonds is 3. The summed E-state index contributed by atoms with van der Waals surface area (Å²) in [5, 5.41) is 11.2. The molecule has 86 valence electrons. The lowest BCUT2D eigenvalue weighted by Crippen LogP contribution is -2.02. The molecule has 0 aliphatic carbocycles. The standard InChI is InChI=1S/C13H18N2O/c1-3-9-4-5-11-12(13(9)16)10(6-7-14)8-15(11)2/h4-5,8,16H,3,6-7,14H2,1-2H3. The number of aromatic nitrogens is 1. The first-order chi connectivity index (χ1) is 7.69. The summed E-state index contributed by atoms with van der Waals surface area (Å²) in [5.41, 5.74) is 8.79. The molecular formula is C13H18N2O. The van der Waals surface area contributed by atoms with E-state index >= 15 is 0 Å². The minimum absolute atomic E-state index is 0.420. The SMILES string of the molecule is CCc1ccc2c(c(CCN)cn2C)c1O. The number of nitrogens with zero attached hydrogens (tertiary/aromatic N) is 1. The lowest BCUT2D eigenvalue weighted by molar-refractivity contribution is 0.475. The zero-order valence-corrected chi connectivity index (χ0v) is 9.83. The zero-order valence-electron chi connectivity index (χ0n) is 9.83. The monoisotopic (exact) mass is 218 g/mol. The number of benzene rings is 1. The van der Waals surface area contributed by atoms with Crippen LogP contribution in [0.2, 0.25) is 0 Å². The first kappa shape index (κ1) is 11.0. The molecule has 1 heterocycles. The molecule has 1 aromatic heterocycles. The number of phenols is 1. The van der Waals surface area contributed by atoms with Gasteiger partial charge in [-0.25, -0.2) is 0 Å². The van der Waals surface area contributed by atoms with Crippen molar-refractivity contribution in [2.24, 2.45) is 12.8 Å². The van der Waals surface area contributed by atoms with E-state index in [2.05, 4.69) is 12.3 Å². The van der Waals surface area contributed by atoms with Crippen LogP contribution in [0.25, 0.3) is 10.9 Å². The summed E-state index contributed by atoms with van der Waals surface area (Å²) in [6, 6.07) is 4.05. The molecule has 3 heteroatoms. The molecule has 1 aromatic carbocycles. The number of hydrogen-bond donors (Lipinski definition) is 2. The molecule has 0 aliphatic rings. The molecule has 16 heavy (non-hydrogen) atoms. The summed E-state index contributed by atoms with van der Waals surface area (Å²) >= 11 is 0. The van der Waals surface area contributed by atoms with Crippen LogP contribution in [0.1, 0.15) is 18.1 Å². The molecule has 0 atom stereocenters. The molecule has 0 fully saturated rings. The normalized spacial score (nSPS) is 11.2. The average molecular weight is 218 g/mol. The highest BCUT2D eigenvalue weighted by Gasteiger charge is 2.12. The van der Waals surface area contributed by atoms with Gasteiger partial charge in [-0.3, -0.25) is 0 Å². The maximum atomic E-state index is 10.2. The van der Waals surface area contributed by atoms with Crippen molar-refractivity contribution in [2.75, 3.05) is 6.54 Å². The highest BCUT2D eigenvalue weighted by molar-refractivity contribution is 5.91. The van der Waals surface area contributed by atoms with Gasteiger partial charge in [0, 0.05) is 18.6 Å². The molecule has 0 bridgehead atoms. The Kier molecular flexibility index (Phi) is 2.88. The van der Waals surface area contributed by atoms with E-state index in [1.54, 1.807) is 0 Å². The molecule has 0 saturated carbocycles. The maximum Gasteiger partial charge on any atom is 0.128 e. The molecule has 3 N–H and O–H groups in total. The number of nitrogens with two attached hydrogens (primary N) is 1. The van der Waals surface area contributed by atoms with Crippen molar-refractivity contribution in [3.63, 3.8) is 0 Å². The lowest BCUT2D eigenvalue weighted by atomic mass is 10.0. The van der Waals surface area contributed by atoms with Crippen LogP contribution in [0.4, 0.5) is 0 Å². The Morgan fingerprint density at radius 2 is 2.06 bits per heavy atom. The second-order valence-corrected chi connectivity index (χ2v) is 4.12. The van der Waals surface area contributed by atoms with Crippen molar-refractivity contribution >= 4 is 10.9 Å². The van der Waals surface area contributed by atoms with E-state index in [0.717, 1.165) is 34.9 Å². The average Bonchev–Trinajstić information content (AvgIpc) is 2.58. The molecule has 0 aliphatic heterocycles. The molecule has 0 amide bonds. The third kappa shape index (κ3) is 1.57. The van der Waals surface area contributed by atoms with Crippen molar-refractivity contribution in [1.82, 2.24) is 4.57 Å². The summed E-state index contributed by atoms with van der Waals surface area (Å²) in [7, 11) is 1.99. The molecule has 0 spiro atoms. The Balaban J connectivity index is 2.73. The first-order valence-corrected chi connectivity index (χ1v) is 5.67. The van der Waals surface area contributed by atoms with Gasteiger partial charge in [-0.05, 0) is 36.6 Å². The van der Waals surface area contributed by atoms with Gasteiger partial charge in [0.25, 0.3) is 0 Å². The quantitative estimate of drug-likeness (QED) is 0.827. The molecule has 0 saturated heterocycles. The van der Waals surface area contributed by atoms with Crippen LogP contribution in [0, 0.1) is 0 Å².